The summed E-state index contributed by atoms with van der Waals surface area (Å²) in [6.07, 6.45) is 3.27. The number of carbonyl (C=O) groups is 2. The first-order chi connectivity index (χ1) is 14.5. The summed E-state index contributed by atoms with van der Waals surface area (Å²) in [5.41, 5.74) is 1.31. The molecule has 1 fully saturated rings. The maximum absolute atomic E-state index is 13.3. The molecule has 0 aromatic heterocycles. The van der Waals surface area contributed by atoms with Crippen molar-refractivity contribution in [3.05, 3.63) is 69.7 Å². The maximum atomic E-state index is 13.3. The minimum atomic E-state index is -0.708. The Morgan fingerprint density at radius 1 is 1.10 bits per heavy atom. The Morgan fingerprint density at radius 3 is 2.43 bits per heavy atom. The molecular formula is C23H17ClN4O2. The van der Waals surface area contributed by atoms with E-state index in [1.165, 1.54) is 12.1 Å². The highest BCUT2D eigenvalue weighted by Crippen LogP contribution is 2.41. The quantitative estimate of drug-likeness (QED) is 0.706. The van der Waals surface area contributed by atoms with Crippen molar-refractivity contribution in [2.75, 3.05) is 6.54 Å². The van der Waals surface area contributed by atoms with E-state index in [4.69, 9.17) is 27.1 Å². The third-order valence-corrected chi connectivity index (χ3v) is 6.00. The molecule has 2 aromatic carbocycles. The van der Waals surface area contributed by atoms with Crippen molar-refractivity contribution >= 4 is 29.0 Å². The molecule has 2 aromatic rings. The average molecular weight is 417 g/mol. The summed E-state index contributed by atoms with van der Waals surface area (Å²) < 4.78 is 0. The Kier molecular flexibility index (Phi) is 5.11. The molecule has 1 amide bonds. The van der Waals surface area contributed by atoms with Gasteiger partial charge in [-0.25, -0.2) is 0 Å². The van der Waals surface area contributed by atoms with Crippen molar-refractivity contribution in [2.24, 2.45) is 4.99 Å². The van der Waals surface area contributed by atoms with Gasteiger partial charge in [0.2, 0.25) is 0 Å². The molecule has 4 rings (SSSR count). The van der Waals surface area contributed by atoms with Crippen molar-refractivity contribution in [3.8, 4) is 12.1 Å². The van der Waals surface area contributed by atoms with Crippen LogP contribution >= 0.6 is 11.6 Å². The lowest BCUT2D eigenvalue weighted by Crippen LogP contribution is -2.47. The van der Waals surface area contributed by atoms with Crippen LogP contribution < -0.4 is 0 Å². The predicted octanol–water partition coefficient (Wildman–Crippen LogP) is 3.87. The standard InChI is InChI=1S/C23H17ClN4O2/c24-19-8-7-17(11-18(19)13-26)20(29)14-28-22(30)21(27-23(28)9-1-2-10-23)16-5-3-15(12-25)4-6-16/h3-8,11H,1-2,9-10,14H2. The zero-order valence-corrected chi connectivity index (χ0v) is 16.8. The van der Waals surface area contributed by atoms with E-state index in [0.717, 1.165) is 12.8 Å². The summed E-state index contributed by atoms with van der Waals surface area (Å²) in [5.74, 6) is -0.552. The smallest absolute Gasteiger partial charge is 0.275 e. The van der Waals surface area contributed by atoms with Crippen molar-refractivity contribution in [1.82, 2.24) is 4.90 Å². The van der Waals surface area contributed by atoms with Crippen LogP contribution in [-0.2, 0) is 4.79 Å². The van der Waals surface area contributed by atoms with Crippen LogP contribution in [0.2, 0.25) is 5.02 Å². The molecule has 1 aliphatic heterocycles. The van der Waals surface area contributed by atoms with Gasteiger partial charge in [-0.15, -0.1) is 0 Å². The van der Waals surface area contributed by atoms with Crippen molar-refractivity contribution < 1.29 is 9.59 Å². The number of hydrogen-bond donors (Lipinski definition) is 0. The van der Waals surface area contributed by atoms with Crippen molar-refractivity contribution in [3.63, 3.8) is 0 Å². The van der Waals surface area contributed by atoms with Gasteiger partial charge in [-0.05, 0) is 56.0 Å². The fourth-order valence-electron chi connectivity index (χ4n) is 4.09. The zero-order valence-electron chi connectivity index (χ0n) is 16.1. The van der Waals surface area contributed by atoms with E-state index in [1.807, 2.05) is 6.07 Å². The molecule has 0 atom stereocenters. The van der Waals surface area contributed by atoms with Gasteiger partial charge in [0.25, 0.3) is 5.91 Å². The number of nitriles is 2. The summed E-state index contributed by atoms with van der Waals surface area (Å²) in [6.45, 7) is -0.116. The summed E-state index contributed by atoms with van der Waals surface area (Å²) in [4.78, 5) is 32.6. The molecule has 0 radical (unpaired) electrons. The Morgan fingerprint density at radius 2 is 1.80 bits per heavy atom. The number of rotatable bonds is 4. The molecule has 1 aliphatic carbocycles. The minimum Gasteiger partial charge on any atom is -0.305 e. The van der Waals surface area contributed by atoms with Crippen LogP contribution in [0.25, 0.3) is 0 Å². The largest absolute Gasteiger partial charge is 0.305 e. The van der Waals surface area contributed by atoms with Gasteiger partial charge in [-0.1, -0.05) is 23.7 Å². The van der Waals surface area contributed by atoms with E-state index < -0.39 is 5.66 Å². The van der Waals surface area contributed by atoms with Crippen molar-refractivity contribution in [1.29, 1.82) is 10.5 Å². The first-order valence-electron chi connectivity index (χ1n) is 9.63. The molecule has 1 saturated carbocycles. The SMILES string of the molecule is N#Cc1ccc(C2=NC3(CCCC3)N(CC(=O)c3ccc(Cl)c(C#N)c3)C2=O)cc1. The molecule has 1 spiro atoms. The van der Waals surface area contributed by atoms with Gasteiger partial charge in [0.15, 0.2) is 5.78 Å². The molecule has 0 unspecified atom stereocenters. The molecule has 30 heavy (non-hydrogen) atoms. The monoisotopic (exact) mass is 416 g/mol. The summed E-state index contributed by atoms with van der Waals surface area (Å²) in [5, 5.41) is 18.4. The Labute approximate surface area is 179 Å². The Balaban J connectivity index is 1.64. The van der Waals surface area contributed by atoms with Gasteiger partial charge in [-0.3, -0.25) is 14.6 Å². The molecule has 0 bridgehead atoms. The van der Waals surface area contributed by atoms with Gasteiger partial charge in [0.05, 0.1) is 28.8 Å². The van der Waals surface area contributed by atoms with E-state index in [1.54, 1.807) is 35.2 Å². The Hall–Kier alpha value is -3.48. The second-order valence-corrected chi connectivity index (χ2v) is 7.87. The van der Waals surface area contributed by atoms with Crippen LogP contribution in [0.5, 0.6) is 0 Å². The van der Waals surface area contributed by atoms with Gasteiger partial charge >= 0.3 is 0 Å². The van der Waals surface area contributed by atoms with Gasteiger partial charge in [0.1, 0.15) is 17.4 Å². The normalized spacial score (nSPS) is 17.0. The van der Waals surface area contributed by atoms with Crippen LogP contribution in [0.4, 0.5) is 0 Å². The first-order valence-corrected chi connectivity index (χ1v) is 10.0. The lowest BCUT2D eigenvalue weighted by Gasteiger charge is -2.32. The van der Waals surface area contributed by atoms with Crippen LogP contribution in [-0.4, -0.2) is 34.5 Å². The molecule has 2 aliphatic rings. The van der Waals surface area contributed by atoms with E-state index in [0.29, 0.717) is 35.2 Å². The van der Waals surface area contributed by atoms with Crippen LogP contribution in [0, 0.1) is 22.7 Å². The summed E-state index contributed by atoms with van der Waals surface area (Å²) in [7, 11) is 0. The predicted molar refractivity (Wildman–Crippen MR) is 111 cm³/mol. The van der Waals surface area contributed by atoms with Crippen molar-refractivity contribution in [2.45, 2.75) is 31.3 Å². The van der Waals surface area contributed by atoms with Crippen LogP contribution in [0.3, 0.4) is 0 Å². The van der Waals surface area contributed by atoms with Gasteiger partial charge in [-0.2, -0.15) is 10.5 Å². The maximum Gasteiger partial charge on any atom is 0.275 e. The number of nitrogens with zero attached hydrogens (tertiary/aromatic N) is 4. The third kappa shape index (κ3) is 3.36. The first kappa shape index (κ1) is 19.8. The molecule has 1 heterocycles. The summed E-state index contributed by atoms with van der Waals surface area (Å²) in [6, 6.07) is 15.3. The molecule has 0 saturated heterocycles. The average Bonchev–Trinajstić information content (AvgIpc) is 3.34. The zero-order chi connectivity index (χ0) is 21.3. The number of benzene rings is 2. The third-order valence-electron chi connectivity index (χ3n) is 5.67. The van der Waals surface area contributed by atoms with Gasteiger partial charge in [0, 0.05) is 11.1 Å². The number of halogens is 1. The second-order valence-electron chi connectivity index (χ2n) is 7.46. The Bertz CT molecular complexity index is 1150. The number of hydrogen-bond acceptors (Lipinski definition) is 5. The number of amides is 1. The highest BCUT2D eigenvalue weighted by atomic mass is 35.5. The number of aliphatic imine (C=N–C) groups is 1. The van der Waals surface area contributed by atoms with Crippen LogP contribution in [0.15, 0.2) is 47.5 Å². The van der Waals surface area contributed by atoms with E-state index in [9.17, 15) is 9.59 Å². The van der Waals surface area contributed by atoms with Crippen LogP contribution in [0.1, 0.15) is 52.7 Å². The number of Topliss-reactive ketones (excluding diaryl/α,β-unsaturated/α-hetero) is 1. The van der Waals surface area contributed by atoms with Gasteiger partial charge < -0.3 is 4.90 Å². The molecule has 7 heteroatoms. The minimum absolute atomic E-state index is 0.116. The fraction of sp³-hybridized carbons (Fsp3) is 0.261. The molecule has 0 N–H and O–H groups in total. The number of carbonyl (C=O) groups excluding carboxylic acids is 2. The highest BCUT2D eigenvalue weighted by molar-refractivity contribution is 6.47. The van der Waals surface area contributed by atoms with E-state index in [2.05, 4.69) is 6.07 Å². The van der Waals surface area contributed by atoms with E-state index >= 15 is 0 Å². The fourth-order valence-corrected chi connectivity index (χ4v) is 4.24. The molecule has 6 nitrogen and oxygen atoms in total. The summed E-state index contributed by atoms with van der Waals surface area (Å²) >= 11 is 5.96. The highest BCUT2D eigenvalue weighted by Gasteiger charge is 2.49. The lowest BCUT2D eigenvalue weighted by atomic mass is 10.0. The van der Waals surface area contributed by atoms with E-state index in [-0.39, 0.29) is 28.8 Å². The molecule has 148 valence electrons. The topological polar surface area (TPSA) is 97.3 Å². The molecular weight excluding hydrogens is 400 g/mol. The second kappa shape index (κ2) is 7.74. The number of ketones is 1. The lowest BCUT2D eigenvalue weighted by molar-refractivity contribution is -0.127.